The van der Waals surface area contributed by atoms with E-state index in [1.54, 1.807) is 11.8 Å². The molecular formula is C24H33NO3. The summed E-state index contributed by atoms with van der Waals surface area (Å²) in [6, 6.07) is 11.7. The zero-order valence-electron chi connectivity index (χ0n) is 17.4. The van der Waals surface area contributed by atoms with Crippen LogP contribution in [0.25, 0.3) is 10.8 Å². The fraction of sp³-hybridized carbons (Fsp3) is 0.542. The maximum Gasteiger partial charge on any atom is 0.326 e. The largest absolute Gasteiger partial charge is 0.490 e. The van der Waals surface area contributed by atoms with Crippen molar-refractivity contribution in [1.82, 2.24) is 0 Å². The van der Waals surface area contributed by atoms with Gasteiger partial charge in [-0.15, -0.1) is 0 Å². The first-order chi connectivity index (χ1) is 13.5. The Labute approximate surface area is 168 Å². The number of carboxylic acids is 1. The van der Waals surface area contributed by atoms with Crippen molar-refractivity contribution in [2.24, 2.45) is 5.92 Å². The van der Waals surface area contributed by atoms with Gasteiger partial charge in [-0.25, -0.2) is 4.79 Å². The summed E-state index contributed by atoms with van der Waals surface area (Å²) in [5, 5.41) is 11.4. The lowest BCUT2D eigenvalue weighted by Gasteiger charge is -2.29. The second-order valence-corrected chi connectivity index (χ2v) is 8.22. The first kappa shape index (κ1) is 20.5. The third-order valence-electron chi connectivity index (χ3n) is 6.20. The van der Waals surface area contributed by atoms with Gasteiger partial charge in [0.25, 0.3) is 0 Å². The molecule has 0 bridgehead atoms. The molecule has 0 radical (unpaired) electrons. The minimum atomic E-state index is -0.823. The number of hydrogen-bond donors (Lipinski definition) is 1. The van der Waals surface area contributed by atoms with Crippen LogP contribution in [0.4, 0.5) is 5.69 Å². The average Bonchev–Trinajstić information content (AvgIpc) is 2.71. The van der Waals surface area contributed by atoms with Crippen molar-refractivity contribution >= 4 is 22.4 Å². The Morgan fingerprint density at radius 1 is 1.14 bits per heavy atom. The van der Waals surface area contributed by atoms with Gasteiger partial charge < -0.3 is 14.7 Å². The first-order valence-corrected chi connectivity index (χ1v) is 10.6. The fourth-order valence-corrected chi connectivity index (χ4v) is 4.12. The maximum absolute atomic E-state index is 11.2. The van der Waals surface area contributed by atoms with Gasteiger partial charge in [0.05, 0.1) is 6.10 Å². The van der Waals surface area contributed by atoms with Crippen LogP contribution in [0.3, 0.4) is 0 Å². The molecular weight excluding hydrogens is 350 g/mol. The molecule has 0 saturated heterocycles. The molecule has 0 aromatic heterocycles. The van der Waals surface area contributed by atoms with Crippen molar-refractivity contribution in [2.75, 3.05) is 11.9 Å². The van der Waals surface area contributed by atoms with Gasteiger partial charge in [0, 0.05) is 12.7 Å². The summed E-state index contributed by atoms with van der Waals surface area (Å²) >= 11 is 0. The van der Waals surface area contributed by atoms with E-state index in [2.05, 4.69) is 19.1 Å². The van der Waals surface area contributed by atoms with Gasteiger partial charge in [0.15, 0.2) is 0 Å². The second kappa shape index (κ2) is 9.31. The quantitative estimate of drug-likeness (QED) is 0.619. The van der Waals surface area contributed by atoms with Crippen LogP contribution < -0.4 is 9.64 Å². The van der Waals surface area contributed by atoms with E-state index in [-0.39, 0.29) is 0 Å². The maximum atomic E-state index is 11.2. The van der Waals surface area contributed by atoms with E-state index in [9.17, 15) is 9.90 Å². The first-order valence-electron chi connectivity index (χ1n) is 10.6. The van der Waals surface area contributed by atoms with Crippen LogP contribution in [0, 0.1) is 5.92 Å². The molecule has 1 fully saturated rings. The van der Waals surface area contributed by atoms with Crippen LogP contribution in [0.15, 0.2) is 36.4 Å². The molecule has 1 saturated carbocycles. The molecule has 1 unspecified atom stereocenters. The van der Waals surface area contributed by atoms with Crippen LogP contribution in [-0.2, 0) is 4.79 Å². The number of fused-ring (bicyclic) bond motifs is 1. The third-order valence-corrected chi connectivity index (χ3v) is 6.20. The van der Waals surface area contributed by atoms with E-state index in [0.717, 1.165) is 41.0 Å². The Hall–Kier alpha value is -2.23. The molecule has 0 heterocycles. The van der Waals surface area contributed by atoms with E-state index in [1.807, 2.05) is 31.3 Å². The molecule has 4 heteroatoms. The summed E-state index contributed by atoms with van der Waals surface area (Å²) in [6.07, 6.45) is 9.23. The normalized spacial score (nSPS) is 20.7. The number of ether oxygens (including phenoxy) is 1. The lowest BCUT2D eigenvalue weighted by Crippen LogP contribution is -2.35. The van der Waals surface area contributed by atoms with E-state index in [0.29, 0.717) is 6.10 Å². The molecule has 0 spiro atoms. The minimum absolute atomic E-state index is 0.331. The SMILES string of the molecule is CCCC[C@H]1CC[C@H](Oc2ccc3cc(N(C)C(C)C(=O)O)ccc3c2)CC1. The van der Waals surface area contributed by atoms with Gasteiger partial charge in [0.2, 0.25) is 0 Å². The highest BCUT2D eigenvalue weighted by Gasteiger charge is 2.22. The Balaban J connectivity index is 1.63. The van der Waals surface area contributed by atoms with Gasteiger partial charge in [-0.2, -0.15) is 0 Å². The summed E-state index contributed by atoms with van der Waals surface area (Å²) in [7, 11) is 1.81. The lowest BCUT2D eigenvalue weighted by molar-refractivity contribution is -0.138. The molecule has 4 nitrogen and oxygen atoms in total. The van der Waals surface area contributed by atoms with Crippen molar-refractivity contribution in [2.45, 2.75) is 70.9 Å². The summed E-state index contributed by atoms with van der Waals surface area (Å²) < 4.78 is 6.28. The highest BCUT2D eigenvalue weighted by Crippen LogP contribution is 2.32. The second-order valence-electron chi connectivity index (χ2n) is 8.22. The van der Waals surface area contributed by atoms with Crippen LogP contribution >= 0.6 is 0 Å². The number of unbranched alkanes of at least 4 members (excludes halogenated alkanes) is 1. The van der Waals surface area contributed by atoms with Crippen molar-refractivity contribution < 1.29 is 14.6 Å². The van der Waals surface area contributed by atoms with Crippen LogP contribution in [0.2, 0.25) is 0 Å². The molecule has 0 aliphatic heterocycles. The Morgan fingerprint density at radius 2 is 1.82 bits per heavy atom. The average molecular weight is 384 g/mol. The predicted molar refractivity (Wildman–Crippen MR) is 115 cm³/mol. The Morgan fingerprint density at radius 3 is 2.50 bits per heavy atom. The van der Waals surface area contributed by atoms with Gasteiger partial charge in [-0.3, -0.25) is 0 Å². The highest BCUT2D eigenvalue weighted by atomic mass is 16.5. The summed E-state index contributed by atoms with van der Waals surface area (Å²) in [4.78, 5) is 13.0. The standard InChI is InChI=1S/C24H33NO3/c1-4-5-6-18-7-12-22(13-8-18)28-23-14-10-19-15-21(11-9-20(19)16-23)25(3)17(2)24(26)27/h9-11,14-18,22H,4-8,12-13H2,1-3H3,(H,26,27)/t17?,18-,22-. The molecule has 1 aliphatic rings. The molecule has 2 aromatic rings. The molecule has 2 aromatic carbocycles. The van der Waals surface area contributed by atoms with E-state index >= 15 is 0 Å². The highest BCUT2D eigenvalue weighted by molar-refractivity contribution is 5.88. The van der Waals surface area contributed by atoms with Crippen molar-refractivity contribution in [3.05, 3.63) is 36.4 Å². The smallest absolute Gasteiger partial charge is 0.326 e. The number of carbonyl (C=O) groups is 1. The third kappa shape index (κ3) is 4.98. The zero-order valence-corrected chi connectivity index (χ0v) is 17.4. The van der Waals surface area contributed by atoms with Crippen LogP contribution in [0.5, 0.6) is 5.75 Å². The van der Waals surface area contributed by atoms with Gasteiger partial charge >= 0.3 is 5.97 Å². The molecule has 3 rings (SSSR count). The number of rotatable bonds is 8. The number of aliphatic carboxylic acids is 1. The number of nitrogens with zero attached hydrogens (tertiary/aromatic N) is 1. The van der Waals surface area contributed by atoms with Gasteiger partial charge in [-0.05, 0) is 73.6 Å². The molecule has 28 heavy (non-hydrogen) atoms. The number of anilines is 1. The van der Waals surface area contributed by atoms with E-state index in [4.69, 9.17) is 4.74 Å². The van der Waals surface area contributed by atoms with E-state index < -0.39 is 12.0 Å². The van der Waals surface area contributed by atoms with Crippen molar-refractivity contribution in [3.63, 3.8) is 0 Å². The molecule has 1 aliphatic carbocycles. The molecule has 1 N–H and O–H groups in total. The number of hydrogen-bond acceptors (Lipinski definition) is 3. The zero-order chi connectivity index (χ0) is 20.1. The summed E-state index contributed by atoms with van der Waals surface area (Å²) in [6.45, 7) is 3.96. The predicted octanol–water partition coefficient (Wildman–Crippen LogP) is 5.88. The summed E-state index contributed by atoms with van der Waals surface area (Å²) in [5.74, 6) is 1.00. The topological polar surface area (TPSA) is 49.8 Å². The monoisotopic (exact) mass is 383 g/mol. The van der Waals surface area contributed by atoms with Crippen molar-refractivity contribution in [1.29, 1.82) is 0 Å². The Kier molecular flexibility index (Phi) is 6.82. The molecule has 152 valence electrons. The van der Waals surface area contributed by atoms with Crippen LogP contribution in [0.1, 0.15) is 58.8 Å². The van der Waals surface area contributed by atoms with Gasteiger partial charge in [0.1, 0.15) is 11.8 Å². The molecule has 0 amide bonds. The molecule has 1 atom stereocenters. The van der Waals surface area contributed by atoms with E-state index in [1.165, 1.54) is 32.1 Å². The van der Waals surface area contributed by atoms with Gasteiger partial charge in [-0.1, -0.05) is 38.3 Å². The number of carboxylic acid groups (broad SMARTS) is 1. The van der Waals surface area contributed by atoms with Crippen molar-refractivity contribution in [3.8, 4) is 5.75 Å². The lowest BCUT2D eigenvalue weighted by atomic mass is 9.84. The fourth-order valence-electron chi connectivity index (χ4n) is 4.12. The number of benzene rings is 2. The number of likely N-dealkylation sites (N-methyl/N-ethyl adjacent to an activating group) is 1. The summed E-state index contributed by atoms with van der Waals surface area (Å²) in [5.41, 5.74) is 0.904. The van der Waals surface area contributed by atoms with Crippen LogP contribution in [-0.4, -0.2) is 30.3 Å². The Bertz CT molecular complexity index is 796. The minimum Gasteiger partial charge on any atom is -0.490 e.